The Bertz CT molecular complexity index is 1910. The van der Waals surface area contributed by atoms with Crippen LogP contribution in [0, 0.1) is 5.92 Å². The van der Waals surface area contributed by atoms with Crippen molar-refractivity contribution in [1.29, 1.82) is 0 Å². The van der Waals surface area contributed by atoms with Crippen LogP contribution in [-0.4, -0.2) is 87.8 Å². The summed E-state index contributed by atoms with van der Waals surface area (Å²) in [4.78, 5) is 28.7. The van der Waals surface area contributed by atoms with Crippen molar-refractivity contribution in [1.82, 2.24) is 9.21 Å². The van der Waals surface area contributed by atoms with Crippen molar-refractivity contribution in [3.63, 3.8) is 0 Å². The first-order chi connectivity index (χ1) is 23.0. The predicted octanol–water partition coefficient (Wildman–Crippen LogP) is 5.04. The van der Waals surface area contributed by atoms with Gasteiger partial charge >= 0.3 is 6.03 Å². The molecule has 0 unspecified atom stereocenters. The number of fused-ring (bicyclic) bond motifs is 2. The molecular weight excluding hydrogens is 636 g/mol. The van der Waals surface area contributed by atoms with Gasteiger partial charge in [0.1, 0.15) is 22.5 Å². The molecule has 0 aliphatic carbocycles. The Labute approximate surface area is 280 Å². The summed E-state index contributed by atoms with van der Waals surface area (Å²) in [5.74, 6) is -0.136. The van der Waals surface area contributed by atoms with Gasteiger partial charge in [0.05, 0.1) is 50.4 Å². The van der Waals surface area contributed by atoms with Crippen LogP contribution in [0.4, 0.5) is 16.2 Å². The van der Waals surface area contributed by atoms with Gasteiger partial charge in [-0.3, -0.25) is 4.79 Å². The van der Waals surface area contributed by atoms with Gasteiger partial charge in [0.15, 0.2) is 5.75 Å². The maximum Gasteiger partial charge on any atom is 0.323 e. The molecule has 0 aromatic heterocycles. The Hall–Kier alpha value is -4.85. The maximum atomic E-state index is 13.9. The van der Waals surface area contributed by atoms with E-state index in [4.69, 9.17) is 14.2 Å². The van der Waals surface area contributed by atoms with E-state index in [9.17, 15) is 23.1 Å². The number of aliphatic hydroxyl groups is 1. The number of nitrogens with one attached hydrogen (secondary N) is 2. The van der Waals surface area contributed by atoms with Crippen LogP contribution in [0.2, 0.25) is 0 Å². The number of hydrogen-bond donors (Lipinski definition) is 3. The molecule has 4 aromatic carbocycles. The number of sulfonamides is 1. The van der Waals surface area contributed by atoms with E-state index >= 15 is 0 Å². The first kappa shape index (κ1) is 34.5. The summed E-state index contributed by atoms with van der Waals surface area (Å²) in [6.45, 7) is 3.37. The molecule has 0 fully saturated rings. The van der Waals surface area contributed by atoms with Gasteiger partial charge in [-0.05, 0) is 42.6 Å². The Kier molecular flexibility index (Phi) is 10.4. The van der Waals surface area contributed by atoms with Crippen molar-refractivity contribution in [2.45, 2.75) is 30.9 Å². The summed E-state index contributed by atoms with van der Waals surface area (Å²) in [6, 6.07) is 21.4. The van der Waals surface area contributed by atoms with Crippen LogP contribution >= 0.6 is 0 Å². The van der Waals surface area contributed by atoms with Crippen LogP contribution in [0.25, 0.3) is 10.8 Å². The largest absolute Gasteiger partial charge is 0.497 e. The van der Waals surface area contributed by atoms with E-state index in [1.807, 2.05) is 43.3 Å². The lowest BCUT2D eigenvalue weighted by Gasteiger charge is -2.38. The smallest absolute Gasteiger partial charge is 0.323 e. The minimum atomic E-state index is -4.08. The van der Waals surface area contributed by atoms with Crippen LogP contribution in [-0.2, 0) is 10.0 Å². The fourth-order valence-electron chi connectivity index (χ4n) is 5.68. The molecule has 3 N–H and O–H groups in total. The van der Waals surface area contributed by atoms with Crippen LogP contribution in [0.1, 0.15) is 24.2 Å². The van der Waals surface area contributed by atoms with Crippen molar-refractivity contribution in [2.24, 2.45) is 5.92 Å². The number of carbonyl (C=O) groups is 2. The summed E-state index contributed by atoms with van der Waals surface area (Å²) in [6.07, 6.45) is -0.779. The Morgan fingerprint density at radius 1 is 1.02 bits per heavy atom. The number of hydrogen-bond acceptors (Lipinski definition) is 8. The molecule has 3 amide bonds. The average molecular weight is 677 g/mol. The van der Waals surface area contributed by atoms with E-state index < -0.39 is 34.1 Å². The lowest BCUT2D eigenvalue weighted by atomic mass is 9.99. The molecule has 1 aliphatic rings. The van der Waals surface area contributed by atoms with Gasteiger partial charge in [0.25, 0.3) is 5.91 Å². The van der Waals surface area contributed by atoms with Crippen LogP contribution < -0.4 is 24.8 Å². The van der Waals surface area contributed by atoms with Gasteiger partial charge in [0.2, 0.25) is 10.0 Å². The second-order valence-corrected chi connectivity index (χ2v) is 13.7. The molecule has 3 atom stereocenters. The SMILES string of the molecule is COc1ccc(S(=O)(=O)N(C)C[C@@H]2Oc3c(NC(=O)Nc4cccc5ccccc45)cccc3C(=O)N([C@@H](C)CO)C[C@H]2C)c(OC)c1. The highest BCUT2D eigenvalue weighted by Gasteiger charge is 2.37. The minimum Gasteiger partial charge on any atom is -0.497 e. The van der Waals surface area contributed by atoms with Crippen molar-refractivity contribution in [3.8, 4) is 17.2 Å². The number of nitrogens with zero attached hydrogens (tertiary/aromatic N) is 2. The zero-order valence-corrected chi connectivity index (χ0v) is 28.3. The van der Waals surface area contributed by atoms with Gasteiger partial charge in [-0.1, -0.05) is 49.4 Å². The highest BCUT2D eigenvalue weighted by Crippen LogP contribution is 2.36. The topological polar surface area (TPSA) is 147 Å². The molecule has 0 saturated heterocycles. The van der Waals surface area contributed by atoms with E-state index in [-0.39, 0.29) is 53.2 Å². The lowest BCUT2D eigenvalue weighted by molar-refractivity contribution is 0.0389. The lowest BCUT2D eigenvalue weighted by Crippen LogP contribution is -2.50. The normalized spacial score (nSPS) is 17.1. The first-order valence-corrected chi connectivity index (χ1v) is 16.9. The number of para-hydroxylation sites is 1. The number of likely N-dealkylation sites (N-methyl/N-ethyl adjacent to an activating group) is 1. The quantitative estimate of drug-likeness (QED) is 0.212. The maximum absolute atomic E-state index is 13.9. The zero-order valence-electron chi connectivity index (χ0n) is 27.5. The number of carbonyl (C=O) groups excluding carboxylic acids is 2. The number of benzene rings is 4. The number of urea groups is 1. The van der Waals surface area contributed by atoms with Crippen LogP contribution in [0.3, 0.4) is 0 Å². The number of aliphatic hydroxyl groups excluding tert-OH is 1. The molecule has 0 bridgehead atoms. The molecular formula is C35H40N4O8S. The molecule has 0 saturated carbocycles. The van der Waals surface area contributed by atoms with Crippen LogP contribution in [0.5, 0.6) is 17.2 Å². The third-order valence-corrected chi connectivity index (χ3v) is 10.3. The molecule has 254 valence electrons. The van der Waals surface area contributed by atoms with E-state index in [0.717, 1.165) is 10.8 Å². The van der Waals surface area contributed by atoms with E-state index in [0.29, 0.717) is 11.4 Å². The summed E-state index contributed by atoms with van der Waals surface area (Å²) < 4.78 is 45.9. The summed E-state index contributed by atoms with van der Waals surface area (Å²) in [5, 5.41) is 17.5. The number of amides is 3. The fourth-order valence-corrected chi connectivity index (χ4v) is 6.99. The third kappa shape index (κ3) is 7.03. The summed E-state index contributed by atoms with van der Waals surface area (Å²) in [7, 11) is 0.211. The fraction of sp³-hybridized carbons (Fsp3) is 0.314. The van der Waals surface area contributed by atoms with Crippen molar-refractivity contribution < 1.29 is 37.3 Å². The van der Waals surface area contributed by atoms with Gasteiger partial charge in [-0.25, -0.2) is 13.2 Å². The molecule has 0 spiro atoms. The molecule has 0 radical (unpaired) electrons. The molecule has 1 aliphatic heterocycles. The Morgan fingerprint density at radius 2 is 1.71 bits per heavy atom. The second kappa shape index (κ2) is 14.5. The third-order valence-electron chi connectivity index (χ3n) is 8.47. The van der Waals surface area contributed by atoms with Gasteiger partial charge in [-0.15, -0.1) is 0 Å². The molecule has 4 aromatic rings. The number of rotatable bonds is 10. The second-order valence-electron chi connectivity index (χ2n) is 11.7. The zero-order chi connectivity index (χ0) is 34.6. The van der Waals surface area contributed by atoms with E-state index in [1.165, 1.54) is 43.8 Å². The number of anilines is 2. The monoisotopic (exact) mass is 676 g/mol. The van der Waals surface area contributed by atoms with E-state index in [2.05, 4.69) is 10.6 Å². The molecule has 48 heavy (non-hydrogen) atoms. The van der Waals surface area contributed by atoms with Crippen molar-refractivity contribution in [2.75, 3.05) is 51.6 Å². The van der Waals surface area contributed by atoms with Crippen LogP contribution in [0.15, 0.2) is 83.8 Å². The van der Waals surface area contributed by atoms with Crippen molar-refractivity contribution >= 4 is 44.1 Å². The molecule has 12 nitrogen and oxygen atoms in total. The Morgan fingerprint density at radius 3 is 2.44 bits per heavy atom. The van der Waals surface area contributed by atoms with E-state index in [1.54, 1.807) is 36.1 Å². The summed E-state index contributed by atoms with van der Waals surface area (Å²) in [5.41, 5.74) is 0.978. The number of methoxy groups -OCH3 is 2. The highest BCUT2D eigenvalue weighted by atomic mass is 32.2. The van der Waals surface area contributed by atoms with Gasteiger partial charge in [-0.2, -0.15) is 4.31 Å². The number of ether oxygens (including phenoxy) is 3. The first-order valence-electron chi connectivity index (χ1n) is 15.4. The summed E-state index contributed by atoms with van der Waals surface area (Å²) >= 11 is 0. The average Bonchev–Trinajstić information content (AvgIpc) is 3.09. The predicted molar refractivity (Wildman–Crippen MR) is 184 cm³/mol. The molecule has 5 rings (SSSR count). The van der Waals surface area contributed by atoms with Gasteiger partial charge in [0, 0.05) is 31.0 Å². The highest BCUT2D eigenvalue weighted by molar-refractivity contribution is 7.89. The minimum absolute atomic E-state index is 0.0506. The standard InChI is InChI=1S/C35H40N4O8S/c1-22-19-39(23(2)21-40)34(41)27-13-9-15-29(37-35(42)36-28-14-8-11-24-10-6-7-12-26(24)28)33(27)47-31(22)20-38(3)48(43,44)32-17-16-25(45-4)18-30(32)46-5/h6-18,22-23,31,40H,19-21H2,1-5H3,(H2,36,37,42)/t22-,23+,31+/m1/s1. The van der Waals surface area contributed by atoms with Gasteiger partial charge < -0.3 is 34.9 Å². The Balaban J connectivity index is 1.49. The molecule has 1 heterocycles. The van der Waals surface area contributed by atoms with Crippen molar-refractivity contribution in [3.05, 3.63) is 84.4 Å². The molecule has 13 heteroatoms.